The van der Waals surface area contributed by atoms with Gasteiger partial charge in [-0.2, -0.15) is 0 Å². The standard InChI is InChI=1S/C19H22ClN3O3/c1-26-11-3-10-21-19(25)14-6-8-16(9-7-14)23-18(24)13-22-17-5-2-4-15(20)12-17/h2,4-9,12,22H,3,10-11,13H2,1H3,(H,21,25)(H,23,24). The molecule has 2 amide bonds. The summed E-state index contributed by atoms with van der Waals surface area (Å²) in [6.07, 6.45) is 0.760. The first-order valence-electron chi connectivity index (χ1n) is 8.25. The molecular formula is C19H22ClN3O3. The number of halogens is 1. The van der Waals surface area contributed by atoms with Gasteiger partial charge in [-0.3, -0.25) is 9.59 Å². The van der Waals surface area contributed by atoms with Crippen LogP contribution in [0, 0.1) is 0 Å². The largest absolute Gasteiger partial charge is 0.385 e. The summed E-state index contributed by atoms with van der Waals surface area (Å²) >= 11 is 5.90. The van der Waals surface area contributed by atoms with E-state index in [1.807, 2.05) is 12.1 Å². The van der Waals surface area contributed by atoms with Gasteiger partial charge in [0.05, 0.1) is 6.54 Å². The monoisotopic (exact) mass is 375 g/mol. The van der Waals surface area contributed by atoms with Crippen LogP contribution in [0.5, 0.6) is 0 Å². The Kier molecular flexibility index (Phi) is 7.92. The van der Waals surface area contributed by atoms with E-state index in [4.69, 9.17) is 16.3 Å². The van der Waals surface area contributed by atoms with Crippen LogP contribution in [-0.2, 0) is 9.53 Å². The van der Waals surface area contributed by atoms with Gasteiger partial charge in [0.15, 0.2) is 0 Å². The van der Waals surface area contributed by atoms with Gasteiger partial charge in [-0.25, -0.2) is 0 Å². The van der Waals surface area contributed by atoms with Crippen molar-refractivity contribution in [3.05, 3.63) is 59.1 Å². The summed E-state index contributed by atoms with van der Waals surface area (Å²) in [4.78, 5) is 24.0. The molecule has 6 nitrogen and oxygen atoms in total. The summed E-state index contributed by atoms with van der Waals surface area (Å²) < 4.78 is 4.93. The molecule has 0 saturated heterocycles. The van der Waals surface area contributed by atoms with Crippen LogP contribution in [0.3, 0.4) is 0 Å². The third-order valence-corrected chi connectivity index (χ3v) is 3.75. The van der Waals surface area contributed by atoms with Crippen LogP contribution < -0.4 is 16.0 Å². The second kappa shape index (κ2) is 10.4. The van der Waals surface area contributed by atoms with Gasteiger partial charge < -0.3 is 20.7 Å². The van der Waals surface area contributed by atoms with Crippen LogP contribution in [0.4, 0.5) is 11.4 Å². The number of hydrogen-bond acceptors (Lipinski definition) is 4. The van der Waals surface area contributed by atoms with E-state index in [9.17, 15) is 9.59 Å². The summed E-state index contributed by atoms with van der Waals surface area (Å²) in [5.41, 5.74) is 1.93. The van der Waals surface area contributed by atoms with Crippen LogP contribution in [0.2, 0.25) is 5.02 Å². The first-order chi connectivity index (χ1) is 12.6. The quantitative estimate of drug-likeness (QED) is 0.588. The molecule has 0 aliphatic rings. The summed E-state index contributed by atoms with van der Waals surface area (Å²) in [6, 6.07) is 13.9. The molecule has 2 aromatic carbocycles. The number of ether oxygens (including phenoxy) is 1. The van der Waals surface area contributed by atoms with E-state index in [-0.39, 0.29) is 18.4 Å². The lowest BCUT2D eigenvalue weighted by molar-refractivity contribution is -0.114. The van der Waals surface area contributed by atoms with Crippen molar-refractivity contribution < 1.29 is 14.3 Å². The number of nitrogens with one attached hydrogen (secondary N) is 3. The molecule has 26 heavy (non-hydrogen) atoms. The number of rotatable bonds is 9. The maximum Gasteiger partial charge on any atom is 0.251 e. The number of amides is 2. The SMILES string of the molecule is COCCCNC(=O)c1ccc(NC(=O)CNc2cccc(Cl)c2)cc1. The molecule has 0 heterocycles. The fourth-order valence-electron chi connectivity index (χ4n) is 2.21. The number of benzene rings is 2. The predicted molar refractivity (Wildman–Crippen MR) is 104 cm³/mol. The lowest BCUT2D eigenvalue weighted by Gasteiger charge is -2.09. The lowest BCUT2D eigenvalue weighted by atomic mass is 10.2. The number of anilines is 2. The molecule has 0 fully saturated rings. The van der Waals surface area contributed by atoms with Crippen LogP contribution in [0.15, 0.2) is 48.5 Å². The molecule has 0 aliphatic heterocycles. The Bertz CT molecular complexity index is 735. The van der Waals surface area contributed by atoms with Crippen LogP contribution in [-0.4, -0.2) is 38.6 Å². The molecular weight excluding hydrogens is 354 g/mol. The first kappa shape index (κ1) is 19.8. The van der Waals surface area contributed by atoms with Crippen LogP contribution in [0.25, 0.3) is 0 Å². The molecule has 138 valence electrons. The minimum absolute atomic E-state index is 0.113. The summed E-state index contributed by atoms with van der Waals surface area (Å²) in [6.45, 7) is 1.27. The van der Waals surface area contributed by atoms with Gasteiger partial charge in [0.2, 0.25) is 5.91 Å². The Morgan fingerprint density at radius 2 is 1.85 bits per heavy atom. The topological polar surface area (TPSA) is 79.5 Å². The molecule has 0 bridgehead atoms. The predicted octanol–water partition coefficient (Wildman–Crippen LogP) is 3.16. The first-order valence-corrected chi connectivity index (χ1v) is 8.63. The van der Waals surface area contributed by atoms with Crippen molar-refractivity contribution >= 4 is 34.8 Å². The van der Waals surface area contributed by atoms with Crippen molar-refractivity contribution in [2.75, 3.05) is 37.4 Å². The zero-order valence-corrected chi connectivity index (χ0v) is 15.3. The van der Waals surface area contributed by atoms with E-state index >= 15 is 0 Å². The molecule has 3 N–H and O–H groups in total. The Balaban J connectivity index is 1.78. The molecule has 0 aliphatic carbocycles. The third kappa shape index (κ3) is 6.74. The minimum Gasteiger partial charge on any atom is -0.385 e. The molecule has 2 rings (SSSR count). The highest BCUT2D eigenvalue weighted by Gasteiger charge is 2.06. The van der Waals surface area contributed by atoms with Gasteiger partial charge in [0.1, 0.15) is 0 Å². The average Bonchev–Trinajstić information content (AvgIpc) is 2.64. The number of hydrogen-bond donors (Lipinski definition) is 3. The van der Waals surface area contributed by atoms with Crippen molar-refractivity contribution in [3.63, 3.8) is 0 Å². The van der Waals surface area contributed by atoms with Gasteiger partial charge in [-0.05, 0) is 48.9 Å². The Morgan fingerprint density at radius 1 is 1.08 bits per heavy atom. The number of carbonyl (C=O) groups is 2. The van der Waals surface area contributed by atoms with Crippen molar-refractivity contribution in [1.82, 2.24) is 5.32 Å². The minimum atomic E-state index is -0.193. The molecule has 2 aromatic rings. The molecule has 0 radical (unpaired) electrons. The highest BCUT2D eigenvalue weighted by Crippen LogP contribution is 2.15. The summed E-state index contributed by atoms with van der Waals surface area (Å²) in [7, 11) is 1.62. The smallest absolute Gasteiger partial charge is 0.251 e. The van der Waals surface area contributed by atoms with E-state index in [1.165, 1.54) is 0 Å². The normalized spacial score (nSPS) is 10.2. The van der Waals surface area contributed by atoms with Crippen molar-refractivity contribution in [2.45, 2.75) is 6.42 Å². The fraction of sp³-hybridized carbons (Fsp3) is 0.263. The lowest BCUT2D eigenvalue weighted by Crippen LogP contribution is -2.25. The van der Waals surface area contributed by atoms with Gasteiger partial charge >= 0.3 is 0 Å². The molecule has 0 spiro atoms. The number of carbonyl (C=O) groups excluding carboxylic acids is 2. The maximum atomic E-state index is 12.0. The molecule has 0 atom stereocenters. The van der Waals surface area contributed by atoms with Gasteiger partial charge in [-0.15, -0.1) is 0 Å². The molecule has 0 aromatic heterocycles. The van der Waals surface area contributed by atoms with Gasteiger partial charge in [0.25, 0.3) is 5.91 Å². The number of methoxy groups -OCH3 is 1. The van der Waals surface area contributed by atoms with E-state index < -0.39 is 0 Å². The average molecular weight is 376 g/mol. The summed E-state index contributed by atoms with van der Waals surface area (Å²) in [5, 5.41) is 9.18. The van der Waals surface area contributed by atoms with E-state index in [1.54, 1.807) is 43.5 Å². The third-order valence-electron chi connectivity index (χ3n) is 3.52. The van der Waals surface area contributed by atoms with Crippen LogP contribution in [0.1, 0.15) is 16.8 Å². The Labute approximate surface area is 157 Å². The summed E-state index contributed by atoms with van der Waals surface area (Å²) in [5.74, 6) is -0.344. The van der Waals surface area contributed by atoms with Crippen LogP contribution >= 0.6 is 11.6 Å². The van der Waals surface area contributed by atoms with E-state index in [0.29, 0.717) is 29.4 Å². The van der Waals surface area contributed by atoms with Crippen molar-refractivity contribution in [3.8, 4) is 0 Å². The highest BCUT2D eigenvalue weighted by molar-refractivity contribution is 6.30. The maximum absolute atomic E-state index is 12.0. The zero-order chi connectivity index (χ0) is 18.8. The van der Waals surface area contributed by atoms with Crippen molar-refractivity contribution in [2.24, 2.45) is 0 Å². The van der Waals surface area contributed by atoms with E-state index in [2.05, 4.69) is 16.0 Å². The second-order valence-electron chi connectivity index (χ2n) is 5.59. The second-order valence-corrected chi connectivity index (χ2v) is 6.03. The molecule has 7 heteroatoms. The molecule has 0 unspecified atom stereocenters. The van der Waals surface area contributed by atoms with Gasteiger partial charge in [0, 0.05) is 42.2 Å². The highest BCUT2D eigenvalue weighted by atomic mass is 35.5. The molecule has 0 saturated carbocycles. The Hall–Kier alpha value is -2.57. The van der Waals surface area contributed by atoms with Gasteiger partial charge in [-0.1, -0.05) is 17.7 Å². The Morgan fingerprint density at radius 3 is 2.54 bits per heavy atom. The fourth-order valence-corrected chi connectivity index (χ4v) is 2.40. The van der Waals surface area contributed by atoms with E-state index in [0.717, 1.165) is 12.1 Å². The zero-order valence-electron chi connectivity index (χ0n) is 14.5. The van der Waals surface area contributed by atoms with Crippen molar-refractivity contribution in [1.29, 1.82) is 0 Å².